The fourth-order valence-corrected chi connectivity index (χ4v) is 2.72. The molecule has 2 heterocycles. The first-order chi connectivity index (χ1) is 9.81. The molecule has 0 bridgehead atoms. The van der Waals surface area contributed by atoms with Crippen LogP contribution in [0.25, 0.3) is 0 Å². The molecule has 1 aromatic heterocycles. The van der Waals surface area contributed by atoms with E-state index in [0.29, 0.717) is 12.6 Å². The standard InChI is InChI=1S/C16H21N3O/c1-3-13-11-19-15(9-10-17-16(19)18-13)12-5-7-14(8-6-12)20-4-2/h5-8,11,15H,3-4,9-10H2,1-2H3,(H,17,18). The van der Waals surface area contributed by atoms with Gasteiger partial charge < -0.3 is 14.6 Å². The van der Waals surface area contributed by atoms with Crippen molar-refractivity contribution in [1.29, 1.82) is 0 Å². The summed E-state index contributed by atoms with van der Waals surface area (Å²) in [6, 6.07) is 8.80. The van der Waals surface area contributed by atoms with Crippen molar-refractivity contribution in [2.75, 3.05) is 18.5 Å². The third kappa shape index (κ3) is 2.38. The zero-order valence-corrected chi connectivity index (χ0v) is 12.1. The maximum absolute atomic E-state index is 5.51. The van der Waals surface area contributed by atoms with Gasteiger partial charge in [-0.1, -0.05) is 19.1 Å². The first kappa shape index (κ1) is 13.0. The Labute approximate surface area is 119 Å². The molecule has 1 atom stereocenters. The highest BCUT2D eigenvalue weighted by Crippen LogP contribution is 2.30. The minimum atomic E-state index is 0.370. The summed E-state index contributed by atoms with van der Waals surface area (Å²) in [6.45, 7) is 5.82. The number of benzene rings is 1. The van der Waals surface area contributed by atoms with Gasteiger partial charge >= 0.3 is 0 Å². The van der Waals surface area contributed by atoms with Crippen LogP contribution in [0.15, 0.2) is 30.5 Å². The van der Waals surface area contributed by atoms with Crippen LogP contribution in [0, 0.1) is 0 Å². The van der Waals surface area contributed by atoms with Crippen molar-refractivity contribution in [3.63, 3.8) is 0 Å². The first-order valence-electron chi connectivity index (χ1n) is 7.36. The third-order valence-corrected chi connectivity index (χ3v) is 3.76. The summed E-state index contributed by atoms with van der Waals surface area (Å²) in [7, 11) is 0. The number of aryl methyl sites for hydroxylation is 1. The normalized spacial score (nSPS) is 17.4. The number of nitrogens with zero attached hydrogens (tertiary/aromatic N) is 2. The Kier molecular flexibility index (Phi) is 3.63. The molecule has 4 heteroatoms. The molecule has 2 aromatic rings. The van der Waals surface area contributed by atoms with Gasteiger partial charge in [0.1, 0.15) is 5.75 Å². The van der Waals surface area contributed by atoms with E-state index in [2.05, 4.69) is 52.3 Å². The Hall–Kier alpha value is -1.97. The van der Waals surface area contributed by atoms with Crippen LogP contribution in [-0.2, 0) is 6.42 Å². The molecule has 0 aliphatic carbocycles. The summed E-state index contributed by atoms with van der Waals surface area (Å²) >= 11 is 0. The van der Waals surface area contributed by atoms with Gasteiger partial charge in [-0.2, -0.15) is 0 Å². The quantitative estimate of drug-likeness (QED) is 0.927. The lowest BCUT2D eigenvalue weighted by Crippen LogP contribution is -2.23. The molecule has 4 nitrogen and oxygen atoms in total. The van der Waals surface area contributed by atoms with Crippen LogP contribution < -0.4 is 10.1 Å². The second kappa shape index (κ2) is 5.57. The molecule has 0 fully saturated rings. The van der Waals surface area contributed by atoms with Crippen molar-refractivity contribution in [3.8, 4) is 5.75 Å². The molecule has 0 amide bonds. The van der Waals surface area contributed by atoms with E-state index in [0.717, 1.165) is 36.8 Å². The van der Waals surface area contributed by atoms with Crippen molar-refractivity contribution in [1.82, 2.24) is 9.55 Å². The van der Waals surface area contributed by atoms with E-state index in [4.69, 9.17) is 4.74 Å². The van der Waals surface area contributed by atoms with Crippen LogP contribution in [-0.4, -0.2) is 22.7 Å². The van der Waals surface area contributed by atoms with Crippen molar-refractivity contribution in [2.24, 2.45) is 0 Å². The van der Waals surface area contributed by atoms with E-state index in [-0.39, 0.29) is 0 Å². The van der Waals surface area contributed by atoms with Gasteiger partial charge in [0.15, 0.2) is 0 Å². The van der Waals surface area contributed by atoms with E-state index < -0.39 is 0 Å². The Balaban J connectivity index is 1.89. The second-order valence-corrected chi connectivity index (χ2v) is 5.05. The van der Waals surface area contributed by atoms with Crippen LogP contribution in [0.2, 0.25) is 0 Å². The largest absolute Gasteiger partial charge is 0.494 e. The minimum absolute atomic E-state index is 0.370. The Morgan fingerprint density at radius 3 is 2.80 bits per heavy atom. The molecule has 1 N–H and O–H groups in total. The number of aromatic nitrogens is 2. The number of nitrogens with one attached hydrogen (secondary N) is 1. The minimum Gasteiger partial charge on any atom is -0.494 e. The molecule has 3 rings (SSSR count). The lowest BCUT2D eigenvalue weighted by Gasteiger charge is -2.26. The van der Waals surface area contributed by atoms with Crippen LogP contribution in [0.3, 0.4) is 0 Å². The Morgan fingerprint density at radius 2 is 2.10 bits per heavy atom. The summed E-state index contributed by atoms with van der Waals surface area (Å²) in [5.41, 5.74) is 2.46. The SMILES string of the molecule is CCOc1ccc(C2CCNc3nc(CC)cn32)cc1. The van der Waals surface area contributed by atoms with E-state index in [1.165, 1.54) is 5.56 Å². The van der Waals surface area contributed by atoms with Crippen molar-refractivity contribution < 1.29 is 4.74 Å². The monoisotopic (exact) mass is 271 g/mol. The molecule has 1 aliphatic rings. The van der Waals surface area contributed by atoms with Crippen LogP contribution in [0.1, 0.15) is 37.6 Å². The smallest absolute Gasteiger partial charge is 0.203 e. The fourth-order valence-electron chi connectivity index (χ4n) is 2.72. The summed E-state index contributed by atoms with van der Waals surface area (Å²) < 4.78 is 7.77. The van der Waals surface area contributed by atoms with E-state index in [1.54, 1.807) is 0 Å². The van der Waals surface area contributed by atoms with Gasteiger partial charge in [0.05, 0.1) is 18.3 Å². The van der Waals surface area contributed by atoms with Crippen molar-refractivity contribution in [2.45, 2.75) is 32.7 Å². The van der Waals surface area contributed by atoms with Gasteiger partial charge in [0.2, 0.25) is 5.95 Å². The molecule has 1 aliphatic heterocycles. The number of imidazole rings is 1. The summed E-state index contributed by atoms with van der Waals surface area (Å²) in [5, 5.41) is 3.38. The molecular formula is C16H21N3O. The molecule has 0 saturated carbocycles. The molecule has 20 heavy (non-hydrogen) atoms. The number of ether oxygens (including phenoxy) is 1. The highest BCUT2D eigenvalue weighted by Gasteiger charge is 2.22. The highest BCUT2D eigenvalue weighted by molar-refractivity contribution is 5.37. The molecule has 0 saturated heterocycles. The predicted octanol–water partition coefficient (Wildman–Crippen LogP) is 3.25. The number of fused-ring (bicyclic) bond motifs is 1. The highest BCUT2D eigenvalue weighted by atomic mass is 16.5. The summed E-state index contributed by atoms with van der Waals surface area (Å²) in [4.78, 5) is 4.62. The van der Waals surface area contributed by atoms with Crippen LogP contribution in [0.4, 0.5) is 5.95 Å². The van der Waals surface area contributed by atoms with E-state index in [9.17, 15) is 0 Å². The lowest BCUT2D eigenvalue weighted by molar-refractivity contribution is 0.340. The average molecular weight is 271 g/mol. The van der Waals surface area contributed by atoms with E-state index in [1.807, 2.05) is 6.92 Å². The molecule has 1 unspecified atom stereocenters. The maximum Gasteiger partial charge on any atom is 0.203 e. The third-order valence-electron chi connectivity index (χ3n) is 3.76. The summed E-state index contributed by atoms with van der Waals surface area (Å²) in [6.07, 6.45) is 4.22. The van der Waals surface area contributed by atoms with Crippen LogP contribution in [0.5, 0.6) is 5.75 Å². The molecular weight excluding hydrogens is 250 g/mol. The van der Waals surface area contributed by atoms with Gasteiger partial charge in [-0.05, 0) is 37.5 Å². The first-order valence-corrected chi connectivity index (χ1v) is 7.36. The predicted molar refractivity (Wildman–Crippen MR) is 80.5 cm³/mol. The number of hydrogen-bond donors (Lipinski definition) is 1. The number of rotatable bonds is 4. The molecule has 1 aromatic carbocycles. The number of hydrogen-bond acceptors (Lipinski definition) is 3. The van der Waals surface area contributed by atoms with Crippen LogP contribution >= 0.6 is 0 Å². The Bertz CT molecular complexity index is 574. The molecule has 106 valence electrons. The van der Waals surface area contributed by atoms with E-state index >= 15 is 0 Å². The van der Waals surface area contributed by atoms with Gasteiger partial charge in [-0.15, -0.1) is 0 Å². The zero-order valence-electron chi connectivity index (χ0n) is 12.1. The molecule has 0 radical (unpaired) electrons. The fraction of sp³-hybridized carbons (Fsp3) is 0.438. The lowest BCUT2D eigenvalue weighted by atomic mass is 10.0. The van der Waals surface area contributed by atoms with Gasteiger partial charge in [-0.25, -0.2) is 4.98 Å². The van der Waals surface area contributed by atoms with Gasteiger partial charge in [-0.3, -0.25) is 0 Å². The summed E-state index contributed by atoms with van der Waals surface area (Å²) in [5.74, 6) is 1.93. The average Bonchev–Trinajstić information content (AvgIpc) is 2.91. The van der Waals surface area contributed by atoms with Gasteiger partial charge in [0, 0.05) is 12.7 Å². The maximum atomic E-state index is 5.51. The zero-order chi connectivity index (χ0) is 13.9. The molecule has 0 spiro atoms. The second-order valence-electron chi connectivity index (χ2n) is 5.05. The topological polar surface area (TPSA) is 39.1 Å². The Morgan fingerprint density at radius 1 is 1.30 bits per heavy atom. The van der Waals surface area contributed by atoms with Crippen molar-refractivity contribution in [3.05, 3.63) is 41.7 Å². The number of anilines is 1. The van der Waals surface area contributed by atoms with Gasteiger partial charge in [0.25, 0.3) is 0 Å². The van der Waals surface area contributed by atoms with Crippen molar-refractivity contribution >= 4 is 5.95 Å².